The summed E-state index contributed by atoms with van der Waals surface area (Å²) < 4.78 is 7.79. The van der Waals surface area contributed by atoms with E-state index >= 15 is 0 Å². The third-order valence-electron chi connectivity index (χ3n) is 5.03. The number of nitrogens with one attached hydrogen (secondary N) is 1. The first-order valence-electron chi connectivity index (χ1n) is 9.95. The van der Waals surface area contributed by atoms with Crippen LogP contribution in [0.1, 0.15) is 42.3 Å². The molecule has 0 unspecified atom stereocenters. The summed E-state index contributed by atoms with van der Waals surface area (Å²) in [7, 11) is 1.89. The lowest BCUT2D eigenvalue weighted by molar-refractivity contribution is -0.113. The van der Waals surface area contributed by atoms with Gasteiger partial charge in [0, 0.05) is 12.7 Å². The molecular weight excluding hydrogens is 396 g/mol. The molecule has 0 aliphatic rings. The number of para-hydroxylation sites is 1. The maximum Gasteiger partial charge on any atom is 0.234 e. The Morgan fingerprint density at radius 2 is 1.90 bits per heavy atom. The lowest BCUT2D eigenvalue weighted by Gasteiger charge is -2.13. The second-order valence-corrected chi connectivity index (χ2v) is 8.47. The molecule has 7 heteroatoms. The zero-order valence-corrected chi connectivity index (χ0v) is 18.9. The fourth-order valence-corrected chi connectivity index (χ4v) is 3.78. The van der Waals surface area contributed by atoms with E-state index in [-0.39, 0.29) is 11.7 Å². The highest BCUT2D eigenvalue weighted by Gasteiger charge is 2.14. The molecule has 0 spiro atoms. The fourth-order valence-electron chi connectivity index (χ4n) is 3.05. The molecule has 30 heavy (non-hydrogen) atoms. The van der Waals surface area contributed by atoms with Crippen molar-refractivity contribution in [1.29, 1.82) is 0 Å². The van der Waals surface area contributed by atoms with Crippen molar-refractivity contribution in [1.82, 2.24) is 14.8 Å². The maximum absolute atomic E-state index is 12.4. The molecule has 0 radical (unpaired) electrons. The standard InChI is InChI=1S/C23H28N4O2S/c1-15(2)18-10-6-7-11-19(18)24-22(28)14-30-23-26-25-21(27(23)5)13-29-20-12-8-9-16(3)17(20)4/h6-12,15H,13-14H2,1-5H3,(H,24,28). The molecule has 1 heterocycles. The molecular formula is C23H28N4O2S. The van der Waals surface area contributed by atoms with Crippen molar-refractivity contribution in [3.63, 3.8) is 0 Å². The number of carbonyl (C=O) groups excluding carboxylic acids is 1. The third-order valence-corrected chi connectivity index (χ3v) is 6.05. The minimum Gasteiger partial charge on any atom is -0.485 e. The van der Waals surface area contributed by atoms with Crippen LogP contribution in [0.2, 0.25) is 0 Å². The zero-order chi connectivity index (χ0) is 21.7. The summed E-state index contributed by atoms with van der Waals surface area (Å²) in [5.74, 6) is 2.09. The van der Waals surface area contributed by atoms with Gasteiger partial charge >= 0.3 is 0 Å². The average Bonchev–Trinajstić information content (AvgIpc) is 3.07. The van der Waals surface area contributed by atoms with E-state index in [1.165, 1.54) is 17.3 Å². The number of thioether (sulfide) groups is 1. The van der Waals surface area contributed by atoms with Gasteiger partial charge in [0.05, 0.1) is 5.75 Å². The van der Waals surface area contributed by atoms with Gasteiger partial charge in [-0.2, -0.15) is 0 Å². The predicted octanol–water partition coefficient (Wildman–Crippen LogP) is 4.87. The monoisotopic (exact) mass is 424 g/mol. The summed E-state index contributed by atoms with van der Waals surface area (Å²) in [5.41, 5.74) is 4.29. The molecule has 0 aliphatic heterocycles. The molecule has 0 fully saturated rings. The van der Waals surface area contributed by atoms with Gasteiger partial charge in [-0.25, -0.2) is 0 Å². The van der Waals surface area contributed by atoms with Crippen LogP contribution < -0.4 is 10.1 Å². The van der Waals surface area contributed by atoms with Gasteiger partial charge in [-0.05, 0) is 48.6 Å². The number of anilines is 1. The van der Waals surface area contributed by atoms with Crippen LogP contribution in [0.15, 0.2) is 47.6 Å². The average molecular weight is 425 g/mol. The summed E-state index contributed by atoms with van der Waals surface area (Å²) in [6, 6.07) is 13.9. The summed E-state index contributed by atoms with van der Waals surface area (Å²) in [6.45, 7) is 8.65. The number of hydrogen-bond acceptors (Lipinski definition) is 5. The van der Waals surface area contributed by atoms with Crippen molar-refractivity contribution in [2.45, 2.75) is 45.4 Å². The van der Waals surface area contributed by atoms with Crippen molar-refractivity contribution in [3.05, 3.63) is 65.0 Å². The van der Waals surface area contributed by atoms with Crippen LogP contribution in [-0.4, -0.2) is 26.4 Å². The van der Waals surface area contributed by atoms with Crippen LogP contribution in [0, 0.1) is 13.8 Å². The number of rotatable bonds is 8. The van der Waals surface area contributed by atoms with Crippen LogP contribution in [0.3, 0.4) is 0 Å². The first kappa shape index (κ1) is 21.9. The molecule has 158 valence electrons. The van der Waals surface area contributed by atoms with Gasteiger partial charge in [-0.15, -0.1) is 10.2 Å². The van der Waals surface area contributed by atoms with E-state index in [2.05, 4.69) is 42.4 Å². The third kappa shape index (κ3) is 5.21. The number of amides is 1. The van der Waals surface area contributed by atoms with Gasteiger partial charge in [0.2, 0.25) is 5.91 Å². The van der Waals surface area contributed by atoms with Crippen molar-refractivity contribution in [3.8, 4) is 5.75 Å². The van der Waals surface area contributed by atoms with Gasteiger partial charge in [-0.3, -0.25) is 4.79 Å². The largest absolute Gasteiger partial charge is 0.485 e. The number of aryl methyl sites for hydroxylation is 1. The van der Waals surface area contributed by atoms with E-state index in [4.69, 9.17) is 4.74 Å². The van der Waals surface area contributed by atoms with Gasteiger partial charge < -0.3 is 14.6 Å². The van der Waals surface area contributed by atoms with Crippen molar-refractivity contribution in [2.24, 2.45) is 7.05 Å². The Morgan fingerprint density at radius 3 is 2.67 bits per heavy atom. The number of benzene rings is 2. The summed E-state index contributed by atoms with van der Waals surface area (Å²) in [5, 5.41) is 12.1. The molecule has 1 amide bonds. The molecule has 0 saturated heterocycles. The molecule has 3 aromatic rings. The van der Waals surface area contributed by atoms with E-state index in [1.807, 2.05) is 54.9 Å². The van der Waals surface area contributed by atoms with E-state index in [0.717, 1.165) is 22.6 Å². The molecule has 3 rings (SSSR count). The highest BCUT2D eigenvalue weighted by Crippen LogP contribution is 2.25. The second-order valence-electron chi connectivity index (χ2n) is 7.52. The zero-order valence-electron chi connectivity index (χ0n) is 18.1. The quantitative estimate of drug-likeness (QED) is 0.523. The normalized spacial score (nSPS) is 11.0. The van der Waals surface area contributed by atoms with Gasteiger partial charge in [0.15, 0.2) is 11.0 Å². The Hall–Kier alpha value is -2.80. The molecule has 1 aromatic heterocycles. The lowest BCUT2D eigenvalue weighted by Crippen LogP contribution is -2.16. The van der Waals surface area contributed by atoms with E-state index in [1.54, 1.807) is 0 Å². The van der Waals surface area contributed by atoms with Crippen LogP contribution in [-0.2, 0) is 18.4 Å². The molecule has 0 aliphatic carbocycles. The minimum absolute atomic E-state index is 0.0655. The van der Waals surface area contributed by atoms with Crippen LogP contribution in [0.25, 0.3) is 0 Å². The SMILES string of the molecule is Cc1cccc(OCc2nnc(SCC(=O)Nc3ccccc3C(C)C)n2C)c1C. The number of nitrogens with zero attached hydrogens (tertiary/aromatic N) is 3. The Balaban J connectivity index is 1.57. The van der Waals surface area contributed by atoms with Crippen LogP contribution >= 0.6 is 11.8 Å². The lowest BCUT2D eigenvalue weighted by atomic mass is 10.0. The van der Waals surface area contributed by atoms with Crippen molar-refractivity contribution in [2.75, 3.05) is 11.1 Å². The molecule has 0 saturated carbocycles. The maximum atomic E-state index is 12.4. The molecule has 6 nitrogen and oxygen atoms in total. The smallest absolute Gasteiger partial charge is 0.234 e. The Morgan fingerprint density at radius 1 is 1.13 bits per heavy atom. The van der Waals surface area contributed by atoms with E-state index in [9.17, 15) is 4.79 Å². The molecule has 1 N–H and O–H groups in total. The Labute approximate surface area is 182 Å². The fraction of sp³-hybridized carbons (Fsp3) is 0.348. The minimum atomic E-state index is -0.0655. The highest BCUT2D eigenvalue weighted by atomic mass is 32.2. The molecule has 0 atom stereocenters. The summed E-state index contributed by atoms with van der Waals surface area (Å²) in [4.78, 5) is 12.4. The number of aromatic nitrogens is 3. The summed E-state index contributed by atoms with van der Waals surface area (Å²) in [6.07, 6.45) is 0. The van der Waals surface area contributed by atoms with Gasteiger partial charge in [0.25, 0.3) is 0 Å². The number of ether oxygens (including phenoxy) is 1. The first-order valence-corrected chi connectivity index (χ1v) is 10.9. The Bertz CT molecular complexity index is 1030. The number of hydrogen-bond donors (Lipinski definition) is 1. The Kier molecular flexibility index (Phi) is 7.15. The van der Waals surface area contributed by atoms with E-state index < -0.39 is 0 Å². The predicted molar refractivity (Wildman–Crippen MR) is 121 cm³/mol. The first-order chi connectivity index (χ1) is 14.4. The van der Waals surface area contributed by atoms with Gasteiger partial charge in [-0.1, -0.05) is 55.9 Å². The van der Waals surface area contributed by atoms with Crippen molar-refractivity contribution < 1.29 is 9.53 Å². The topological polar surface area (TPSA) is 69.0 Å². The van der Waals surface area contributed by atoms with E-state index in [0.29, 0.717) is 23.5 Å². The number of carbonyl (C=O) groups is 1. The second kappa shape index (κ2) is 9.80. The molecule has 2 aromatic carbocycles. The van der Waals surface area contributed by atoms with Gasteiger partial charge in [0.1, 0.15) is 12.4 Å². The highest BCUT2D eigenvalue weighted by molar-refractivity contribution is 7.99. The van der Waals surface area contributed by atoms with Crippen molar-refractivity contribution >= 4 is 23.4 Å². The molecule has 0 bridgehead atoms. The summed E-state index contributed by atoms with van der Waals surface area (Å²) >= 11 is 1.36. The van der Waals surface area contributed by atoms with Crippen LogP contribution in [0.4, 0.5) is 5.69 Å². The van der Waals surface area contributed by atoms with Crippen LogP contribution in [0.5, 0.6) is 5.75 Å².